The average Bonchev–Trinajstić information content (AvgIpc) is 3.40. The Balaban J connectivity index is 1.63. The maximum atomic E-state index is 9.59. The van der Waals surface area contributed by atoms with Gasteiger partial charge in [-0.1, -0.05) is 39.0 Å². The van der Waals surface area contributed by atoms with Gasteiger partial charge in [0.05, 0.1) is 22.6 Å². The van der Waals surface area contributed by atoms with E-state index >= 15 is 0 Å². The van der Waals surface area contributed by atoms with Gasteiger partial charge in [-0.15, -0.1) is 11.3 Å². The summed E-state index contributed by atoms with van der Waals surface area (Å²) in [5.74, 6) is 0.617. The summed E-state index contributed by atoms with van der Waals surface area (Å²) in [6.07, 6.45) is 4.22. The average molecular weight is 491 g/mol. The summed E-state index contributed by atoms with van der Waals surface area (Å²) in [6, 6.07) is 14.6. The van der Waals surface area contributed by atoms with E-state index in [-0.39, 0.29) is 17.2 Å². The van der Waals surface area contributed by atoms with Crippen molar-refractivity contribution >= 4 is 19.7 Å². The van der Waals surface area contributed by atoms with Crippen LogP contribution in [-0.4, -0.2) is 19.4 Å². The number of benzene rings is 2. The molecule has 34 heavy (non-hydrogen) atoms. The largest absolute Gasteiger partial charge is 0.490 e. The van der Waals surface area contributed by atoms with Gasteiger partial charge < -0.3 is 9.16 Å². The Hall–Kier alpha value is -2.46. The molecule has 4 rings (SSSR count). The van der Waals surface area contributed by atoms with Crippen LogP contribution < -0.4 is 4.74 Å². The second kappa shape index (κ2) is 9.29. The van der Waals surface area contributed by atoms with Gasteiger partial charge in [-0.25, -0.2) is 4.98 Å². The lowest BCUT2D eigenvalue weighted by Crippen LogP contribution is -2.41. The summed E-state index contributed by atoms with van der Waals surface area (Å²) < 4.78 is 12.6. The highest BCUT2D eigenvalue weighted by Crippen LogP contribution is 2.46. The summed E-state index contributed by atoms with van der Waals surface area (Å²) in [6.45, 7) is 15.5. The van der Waals surface area contributed by atoms with E-state index < -0.39 is 8.32 Å². The van der Waals surface area contributed by atoms with Crippen LogP contribution in [0, 0.1) is 11.3 Å². The number of thiazole rings is 1. The predicted octanol–water partition coefficient (Wildman–Crippen LogP) is 8.15. The Kier molecular flexibility index (Phi) is 6.74. The first-order valence-corrected chi connectivity index (χ1v) is 15.7. The molecule has 0 amide bonds. The third kappa shape index (κ3) is 4.83. The number of hydrogen-bond acceptors (Lipinski definition) is 5. The zero-order valence-corrected chi connectivity index (χ0v) is 23.0. The van der Waals surface area contributed by atoms with E-state index in [1.54, 1.807) is 11.3 Å². The molecular weight excluding hydrogens is 456 g/mol. The molecule has 1 aliphatic carbocycles. The topological polar surface area (TPSA) is 55.1 Å². The highest BCUT2D eigenvalue weighted by atomic mass is 32.1. The molecule has 178 valence electrons. The zero-order valence-electron chi connectivity index (χ0n) is 21.2. The molecule has 0 saturated heterocycles. The van der Waals surface area contributed by atoms with Gasteiger partial charge in [-0.3, -0.25) is 0 Å². The van der Waals surface area contributed by atoms with Crippen molar-refractivity contribution in [2.24, 2.45) is 0 Å². The first-order chi connectivity index (χ1) is 16.0. The fraction of sp³-hybridized carbons (Fsp3) is 0.429. The van der Waals surface area contributed by atoms with Crippen LogP contribution >= 0.6 is 11.3 Å². The summed E-state index contributed by atoms with van der Waals surface area (Å²) in [5.41, 5.74) is 5.45. The Morgan fingerprint density at radius 2 is 1.94 bits per heavy atom. The lowest BCUT2D eigenvalue weighted by atomic mass is 10.0. The van der Waals surface area contributed by atoms with E-state index in [0.717, 1.165) is 28.3 Å². The highest BCUT2D eigenvalue weighted by molar-refractivity contribution is 7.18. The highest BCUT2D eigenvalue weighted by Gasteiger charge is 2.41. The summed E-state index contributed by atoms with van der Waals surface area (Å²) >= 11 is 1.67. The maximum absolute atomic E-state index is 9.59. The van der Waals surface area contributed by atoms with Gasteiger partial charge in [0.2, 0.25) is 0 Å². The lowest BCUT2D eigenvalue weighted by Gasteiger charge is -2.38. The number of ether oxygens (including phenoxy) is 1. The minimum absolute atomic E-state index is 0.0223. The molecular formula is C28H34N2O2SSi. The third-order valence-corrected chi connectivity index (χ3v) is 12.5. The van der Waals surface area contributed by atoms with Crippen LogP contribution in [0.1, 0.15) is 63.8 Å². The first kappa shape index (κ1) is 24.7. The SMILES string of the molecule is CC(C)Oc1ccc(-c2ncc(-c3cccc4c3CC[C@H]4O[Si](C)(C)C(C)(C)C)s2)cc1C#N. The van der Waals surface area contributed by atoms with Gasteiger partial charge in [0, 0.05) is 11.8 Å². The monoisotopic (exact) mass is 490 g/mol. The molecule has 0 unspecified atom stereocenters. The molecule has 3 aromatic rings. The standard InChI is InChI=1S/C28H34N2O2SSi/c1-18(2)31-24-13-11-19(15-20(24)16-29)27-30-17-26(33-27)23-10-8-9-22-21(23)12-14-25(22)32-34(6,7)28(3,4)5/h8-11,13,15,17-18,25H,12,14H2,1-7H3/t25-/m1/s1. The molecule has 1 atom stereocenters. The van der Waals surface area contributed by atoms with Crippen LogP contribution in [0.15, 0.2) is 42.6 Å². The number of hydrogen-bond donors (Lipinski definition) is 0. The van der Waals surface area contributed by atoms with E-state index in [2.05, 4.69) is 58.1 Å². The van der Waals surface area contributed by atoms with Crippen molar-refractivity contribution in [2.45, 2.75) is 77.8 Å². The Labute approximate surface area is 208 Å². The second-order valence-electron chi connectivity index (χ2n) is 10.8. The van der Waals surface area contributed by atoms with Gasteiger partial charge in [-0.2, -0.15) is 5.26 Å². The van der Waals surface area contributed by atoms with Crippen molar-refractivity contribution in [2.75, 3.05) is 0 Å². The summed E-state index contributed by atoms with van der Waals surface area (Å²) in [4.78, 5) is 5.86. The number of nitriles is 1. The van der Waals surface area contributed by atoms with Gasteiger partial charge >= 0.3 is 0 Å². The fourth-order valence-electron chi connectivity index (χ4n) is 4.14. The van der Waals surface area contributed by atoms with Crippen LogP contribution in [0.4, 0.5) is 0 Å². The Morgan fingerprint density at radius 1 is 1.18 bits per heavy atom. The van der Waals surface area contributed by atoms with Crippen LogP contribution in [-0.2, 0) is 10.8 Å². The minimum atomic E-state index is -1.85. The minimum Gasteiger partial charge on any atom is -0.490 e. The fourth-order valence-corrected chi connectivity index (χ4v) is 6.42. The number of aromatic nitrogens is 1. The van der Waals surface area contributed by atoms with Crippen molar-refractivity contribution in [1.82, 2.24) is 4.98 Å². The smallest absolute Gasteiger partial charge is 0.192 e. The maximum Gasteiger partial charge on any atom is 0.192 e. The van der Waals surface area contributed by atoms with Crippen molar-refractivity contribution in [3.63, 3.8) is 0 Å². The Bertz CT molecular complexity index is 1230. The molecule has 0 spiro atoms. The third-order valence-electron chi connectivity index (χ3n) is 6.94. The number of rotatable bonds is 6. The van der Waals surface area contributed by atoms with Crippen molar-refractivity contribution in [1.29, 1.82) is 5.26 Å². The molecule has 1 heterocycles. The van der Waals surface area contributed by atoms with Crippen molar-refractivity contribution in [3.8, 4) is 32.8 Å². The van der Waals surface area contributed by atoms with Gasteiger partial charge in [0.1, 0.15) is 16.8 Å². The molecule has 1 aliphatic rings. The lowest BCUT2D eigenvalue weighted by molar-refractivity contribution is 0.185. The molecule has 0 radical (unpaired) electrons. The molecule has 0 bridgehead atoms. The van der Waals surface area contributed by atoms with E-state index in [1.807, 2.05) is 38.2 Å². The quantitative estimate of drug-likeness (QED) is 0.327. The van der Waals surface area contributed by atoms with E-state index in [0.29, 0.717) is 11.3 Å². The molecule has 4 nitrogen and oxygen atoms in total. The molecule has 0 aliphatic heterocycles. The van der Waals surface area contributed by atoms with Crippen molar-refractivity contribution in [3.05, 3.63) is 59.3 Å². The van der Waals surface area contributed by atoms with Gasteiger partial charge in [0.25, 0.3) is 0 Å². The van der Waals surface area contributed by atoms with Gasteiger partial charge in [0.15, 0.2) is 8.32 Å². The van der Waals surface area contributed by atoms with E-state index in [1.165, 1.54) is 16.7 Å². The normalized spacial score (nSPS) is 15.9. The molecule has 1 aromatic heterocycles. The van der Waals surface area contributed by atoms with E-state index in [4.69, 9.17) is 14.1 Å². The van der Waals surface area contributed by atoms with Gasteiger partial charge in [-0.05, 0) is 79.7 Å². The Morgan fingerprint density at radius 3 is 2.62 bits per heavy atom. The second-order valence-corrected chi connectivity index (χ2v) is 16.6. The molecule has 0 fully saturated rings. The molecule has 0 saturated carbocycles. The summed E-state index contributed by atoms with van der Waals surface area (Å²) in [7, 11) is -1.85. The predicted molar refractivity (Wildman–Crippen MR) is 143 cm³/mol. The molecule has 2 aromatic carbocycles. The first-order valence-electron chi connectivity index (χ1n) is 12.0. The van der Waals surface area contributed by atoms with Crippen LogP contribution in [0.2, 0.25) is 18.1 Å². The molecule has 6 heteroatoms. The van der Waals surface area contributed by atoms with E-state index in [9.17, 15) is 5.26 Å². The zero-order chi connectivity index (χ0) is 24.7. The number of nitrogens with zero attached hydrogens (tertiary/aromatic N) is 2. The molecule has 0 N–H and O–H groups in total. The summed E-state index contributed by atoms with van der Waals surface area (Å²) in [5, 5.41) is 10.7. The van der Waals surface area contributed by atoms with Crippen LogP contribution in [0.25, 0.3) is 21.0 Å². The number of fused-ring (bicyclic) bond motifs is 1. The van der Waals surface area contributed by atoms with Crippen molar-refractivity contribution < 1.29 is 9.16 Å². The van der Waals surface area contributed by atoms with Crippen LogP contribution in [0.3, 0.4) is 0 Å². The van der Waals surface area contributed by atoms with Crippen LogP contribution in [0.5, 0.6) is 5.75 Å².